The number of likely N-dealkylation sites (tertiary alicyclic amines) is 1. The monoisotopic (exact) mass is 238 g/mol. The number of fused-ring (bicyclic) bond motifs is 1. The molecule has 3 aliphatic rings. The molecule has 2 unspecified atom stereocenters. The van der Waals surface area contributed by atoms with Crippen molar-refractivity contribution in [2.45, 2.75) is 19.3 Å². The van der Waals surface area contributed by atoms with Crippen LogP contribution in [0.25, 0.3) is 0 Å². The van der Waals surface area contributed by atoms with E-state index in [9.17, 15) is 4.79 Å². The van der Waals surface area contributed by atoms with Gasteiger partial charge in [0.2, 0.25) is 5.91 Å². The molecule has 1 N–H and O–H groups in total. The number of carbonyl (C=O) groups is 1. The number of hydrogen-bond acceptors (Lipinski definition) is 3. The Bertz CT molecular complexity index is 289. The molecule has 1 amide bonds. The van der Waals surface area contributed by atoms with Gasteiger partial charge in [0.25, 0.3) is 0 Å². The van der Waals surface area contributed by atoms with Crippen LogP contribution in [-0.4, -0.2) is 50.2 Å². The predicted molar refractivity (Wildman–Crippen MR) is 64.6 cm³/mol. The summed E-state index contributed by atoms with van der Waals surface area (Å²) in [7, 11) is 0. The molecule has 96 valence electrons. The SMILES string of the molecule is O=C(C1CCNCC1)N1CCC2COCC2C1. The van der Waals surface area contributed by atoms with Crippen molar-refractivity contribution in [3.63, 3.8) is 0 Å². The highest BCUT2D eigenvalue weighted by Crippen LogP contribution is 2.30. The van der Waals surface area contributed by atoms with Crippen LogP contribution in [0.15, 0.2) is 0 Å². The van der Waals surface area contributed by atoms with Crippen molar-refractivity contribution in [2.75, 3.05) is 39.4 Å². The number of ether oxygens (including phenoxy) is 1. The minimum absolute atomic E-state index is 0.273. The average Bonchev–Trinajstić information content (AvgIpc) is 2.86. The fourth-order valence-electron chi connectivity index (χ4n) is 3.39. The Morgan fingerprint density at radius 1 is 1.12 bits per heavy atom. The first-order chi connectivity index (χ1) is 8.34. The second-order valence-electron chi connectivity index (χ2n) is 5.65. The summed E-state index contributed by atoms with van der Waals surface area (Å²) in [6.45, 7) is 5.67. The lowest BCUT2D eigenvalue weighted by atomic mass is 9.87. The Hall–Kier alpha value is -0.610. The van der Waals surface area contributed by atoms with Gasteiger partial charge in [0.15, 0.2) is 0 Å². The van der Waals surface area contributed by atoms with E-state index in [2.05, 4.69) is 10.2 Å². The molecule has 0 bridgehead atoms. The summed E-state index contributed by atoms with van der Waals surface area (Å²) in [6.07, 6.45) is 3.17. The zero-order valence-corrected chi connectivity index (χ0v) is 10.4. The van der Waals surface area contributed by atoms with Gasteiger partial charge in [-0.25, -0.2) is 0 Å². The Morgan fingerprint density at radius 2 is 1.88 bits per heavy atom. The molecule has 0 aromatic carbocycles. The summed E-state index contributed by atoms with van der Waals surface area (Å²) in [5.41, 5.74) is 0. The third kappa shape index (κ3) is 2.33. The lowest BCUT2D eigenvalue weighted by molar-refractivity contribution is -0.138. The first kappa shape index (κ1) is 11.5. The number of amides is 1. The Morgan fingerprint density at radius 3 is 2.71 bits per heavy atom. The van der Waals surface area contributed by atoms with E-state index in [0.29, 0.717) is 17.7 Å². The second-order valence-corrected chi connectivity index (χ2v) is 5.65. The van der Waals surface area contributed by atoms with Crippen LogP contribution < -0.4 is 5.32 Å². The molecule has 4 nitrogen and oxygen atoms in total. The maximum absolute atomic E-state index is 12.4. The number of hydrogen-bond donors (Lipinski definition) is 1. The summed E-state index contributed by atoms with van der Waals surface area (Å²) in [4.78, 5) is 14.5. The quantitative estimate of drug-likeness (QED) is 0.722. The Labute approximate surface area is 103 Å². The van der Waals surface area contributed by atoms with Crippen molar-refractivity contribution in [3.8, 4) is 0 Å². The number of nitrogens with one attached hydrogen (secondary N) is 1. The summed E-state index contributed by atoms with van der Waals surface area (Å²) < 4.78 is 5.52. The molecule has 3 saturated heterocycles. The molecule has 17 heavy (non-hydrogen) atoms. The van der Waals surface area contributed by atoms with E-state index >= 15 is 0 Å². The van der Waals surface area contributed by atoms with E-state index in [1.54, 1.807) is 0 Å². The molecule has 3 heterocycles. The molecular formula is C13H22N2O2. The molecule has 0 aliphatic carbocycles. The average molecular weight is 238 g/mol. The smallest absolute Gasteiger partial charge is 0.225 e. The van der Waals surface area contributed by atoms with E-state index in [1.807, 2.05) is 0 Å². The normalized spacial score (nSPS) is 34.7. The molecule has 0 aromatic heterocycles. The van der Waals surface area contributed by atoms with Crippen molar-refractivity contribution >= 4 is 5.91 Å². The maximum atomic E-state index is 12.4. The van der Waals surface area contributed by atoms with Crippen LogP contribution in [0.5, 0.6) is 0 Å². The molecule has 3 aliphatic heterocycles. The van der Waals surface area contributed by atoms with Gasteiger partial charge in [-0.1, -0.05) is 0 Å². The number of carbonyl (C=O) groups excluding carboxylic acids is 1. The Kier molecular flexibility index (Phi) is 3.34. The molecule has 0 aromatic rings. The first-order valence-electron chi connectivity index (χ1n) is 6.92. The largest absolute Gasteiger partial charge is 0.381 e. The highest BCUT2D eigenvalue weighted by atomic mass is 16.5. The van der Waals surface area contributed by atoms with Crippen molar-refractivity contribution < 1.29 is 9.53 Å². The highest BCUT2D eigenvalue weighted by Gasteiger charge is 2.37. The van der Waals surface area contributed by atoms with Crippen LogP contribution in [0.3, 0.4) is 0 Å². The van der Waals surface area contributed by atoms with Gasteiger partial charge in [0, 0.05) is 31.5 Å². The van der Waals surface area contributed by atoms with Gasteiger partial charge in [0.1, 0.15) is 0 Å². The molecule has 4 heteroatoms. The fourth-order valence-corrected chi connectivity index (χ4v) is 3.39. The van der Waals surface area contributed by atoms with Crippen molar-refractivity contribution in [1.29, 1.82) is 0 Å². The van der Waals surface area contributed by atoms with Gasteiger partial charge >= 0.3 is 0 Å². The second kappa shape index (κ2) is 4.94. The van der Waals surface area contributed by atoms with E-state index < -0.39 is 0 Å². The predicted octanol–water partition coefficient (Wildman–Crippen LogP) is 0.481. The number of rotatable bonds is 1. The van der Waals surface area contributed by atoms with E-state index in [4.69, 9.17) is 4.74 Å². The molecular weight excluding hydrogens is 216 g/mol. The zero-order valence-electron chi connectivity index (χ0n) is 10.4. The van der Waals surface area contributed by atoms with Gasteiger partial charge in [-0.2, -0.15) is 0 Å². The van der Waals surface area contributed by atoms with Gasteiger partial charge in [0.05, 0.1) is 6.61 Å². The summed E-state index contributed by atoms with van der Waals surface area (Å²) in [6, 6.07) is 0. The van der Waals surface area contributed by atoms with Crippen LogP contribution in [0, 0.1) is 17.8 Å². The maximum Gasteiger partial charge on any atom is 0.225 e. The molecule has 0 radical (unpaired) electrons. The van der Waals surface area contributed by atoms with Crippen LogP contribution >= 0.6 is 0 Å². The van der Waals surface area contributed by atoms with E-state index in [0.717, 1.165) is 58.7 Å². The summed E-state index contributed by atoms with van der Waals surface area (Å²) in [5.74, 6) is 1.99. The highest BCUT2D eigenvalue weighted by molar-refractivity contribution is 5.79. The fraction of sp³-hybridized carbons (Fsp3) is 0.923. The van der Waals surface area contributed by atoms with Gasteiger partial charge in [-0.05, 0) is 38.3 Å². The standard InChI is InChI=1S/C13H22N2O2/c16-13(10-1-4-14-5-2-10)15-6-3-11-8-17-9-12(11)7-15/h10-12,14H,1-9H2. The minimum atomic E-state index is 0.273. The number of nitrogens with zero attached hydrogens (tertiary/aromatic N) is 1. The van der Waals surface area contributed by atoms with E-state index in [-0.39, 0.29) is 5.92 Å². The van der Waals surface area contributed by atoms with Crippen molar-refractivity contribution in [2.24, 2.45) is 17.8 Å². The van der Waals surface area contributed by atoms with Crippen LogP contribution in [0.1, 0.15) is 19.3 Å². The Balaban J connectivity index is 1.58. The third-order valence-electron chi connectivity index (χ3n) is 4.56. The lowest BCUT2D eigenvalue weighted by Gasteiger charge is -2.36. The minimum Gasteiger partial charge on any atom is -0.381 e. The molecule has 3 rings (SSSR count). The van der Waals surface area contributed by atoms with Gasteiger partial charge in [-0.15, -0.1) is 0 Å². The van der Waals surface area contributed by atoms with Crippen LogP contribution in [0.2, 0.25) is 0 Å². The molecule has 0 saturated carbocycles. The third-order valence-corrected chi connectivity index (χ3v) is 4.56. The van der Waals surface area contributed by atoms with Crippen molar-refractivity contribution in [1.82, 2.24) is 10.2 Å². The van der Waals surface area contributed by atoms with Crippen LogP contribution in [-0.2, 0) is 9.53 Å². The van der Waals surface area contributed by atoms with E-state index in [1.165, 1.54) is 0 Å². The lowest BCUT2D eigenvalue weighted by Crippen LogP contribution is -2.47. The van der Waals surface area contributed by atoms with Crippen LogP contribution in [0.4, 0.5) is 0 Å². The van der Waals surface area contributed by atoms with Gasteiger partial charge in [-0.3, -0.25) is 4.79 Å². The topological polar surface area (TPSA) is 41.6 Å². The first-order valence-corrected chi connectivity index (χ1v) is 6.92. The summed E-state index contributed by atoms with van der Waals surface area (Å²) in [5, 5.41) is 3.32. The van der Waals surface area contributed by atoms with Gasteiger partial charge < -0.3 is 15.0 Å². The zero-order chi connectivity index (χ0) is 11.7. The molecule has 3 fully saturated rings. The summed E-state index contributed by atoms with van der Waals surface area (Å²) >= 11 is 0. The molecule has 0 spiro atoms. The van der Waals surface area contributed by atoms with Crippen molar-refractivity contribution in [3.05, 3.63) is 0 Å². The molecule has 2 atom stereocenters. The number of piperidine rings is 2.